The minimum absolute atomic E-state index is 0.00248. The molecule has 2 N–H and O–H groups in total. The van der Waals surface area contributed by atoms with Gasteiger partial charge in [-0.3, -0.25) is 4.79 Å². The molecule has 0 aliphatic rings. The number of hydrogen-bond acceptors (Lipinski definition) is 4. The Bertz CT molecular complexity index is 719. The molecule has 0 radical (unpaired) electrons. The number of carbonyl (C=O) groups is 1. The molecule has 0 fully saturated rings. The zero-order valence-electron chi connectivity index (χ0n) is 14.1. The van der Waals surface area contributed by atoms with Gasteiger partial charge in [-0.15, -0.1) is 0 Å². The van der Waals surface area contributed by atoms with Crippen molar-refractivity contribution in [3.8, 4) is 0 Å². The molecule has 0 spiro atoms. The molecule has 0 bridgehead atoms. The summed E-state index contributed by atoms with van der Waals surface area (Å²) in [4.78, 5) is 19.7. The first-order valence-electron chi connectivity index (χ1n) is 7.62. The molecule has 2 heterocycles. The molecule has 0 aliphatic heterocycles. The number of nitrogens with zero attached hydrogens (tertiary/aromatic N) is 3. The maximum atomic E-state index is 11.2. The second-order valence-electron chi connectivity index (χ2n) is 7.06. The van der Waals surface area contributed by atoms with Crippen LogP contribution >= 0.6 is 11.6 Å². The third kappa shape index (κ3) is 3.93. The van der Waals surface area contributed by atoms with E-state index in [0.29, 0.717) is 5.82 Å². The Morgan fingerprint density at radius 3 is 2.57 bits per heavy atom. The molecular formula is C16H23ClN4O2. The number of hydrogen-bond donors (Lipinski definition) is 2. The molecule has 0 aliphatic carbocycles. The second kappa shape index (κ2) is 6.35. The van der Waals surface area contributed by atoms with Gasteiger partial charge in [-0.25, -0.2) is 4.98 Å². The van der Waals surface area contributed by atoms with Crippen molar-refractivity contribution in [2.45, 2.75) is 53.1 Å². The summed E-state index contributed by atoms with van der Waals surface area (Å²) in [5.41, 5.74) is 0.494. The lowest BCUT2D eigenvalue weighted by molar-refractivity contribution is -0.137. The molecule has 2 aromatic rings. The van der Waals surface area contributed by atoms with Crippen molar-refractivity contribution < 1.29 is 9.90 Å². The fraction of sp³-hybridized carbons (Fsp3) is 0.562. The Morgan fingerprint density at radius 1 is 1.39 bits per heavy atom. The van der Waals surface area contributed by atoms with E-state index in [9.17, 15) is 4.79 Å². The number of halogens is 1. The number of carboxylic acids is 1. The summed E-state index contributed by atoms with van der Waals surface area (Å²) >= 11 is 6.07. The van der Waals surface area contributed by atoms with Gasteiger partial charge in [0, 0.05) is 18.3 Å². The van der Waals surface area contributed by atoms with E-state index >= 15 is 0 Å². The van der Waals surface area contributed by atoms with Crippen molar-refractivity contribution in [3.05, 3.63) is 17.5 Å². The lowest BCUT2D eigenvalue weighted by Gasteiger charge is -2.31. The van der Waals surface area contributed by atoms with Gasteiger partial charge in [0.2, 0.25) is 5.28 Å². The summed E-state index contributed by atoms with van der Waals surface area (Å²) in [6, 6.07) is 1.88. The first-order chi connectivity index (χ1) is 10.6. The summed E-state index contributed by atoms with van der Waals surface area (Å²) in [7, 11) is 0. The van der Waals surface area contributed by atoms with E-state index in [1.54, 1.807) is 0 Å². The fourth-order valence-corrected chi connectivity index (χ4v) is 2.61. The Morgan fingerprint density at radius 2 is 2.04 bits per heavy atom. The maximum Gasteiger partial charge on any atom is 0.305 e. The highest BCUT2D eigenvalue weighted by atomic mass is 35.5. The van der Waals surface area contributed by atoms with Crippen LogP contribution in [0.5, 0.6) is 0 Å². The van der Waals surface area contributed by atoms with E-state index in [2.05, 4.69) is 29.1 Å². The van der Waals surface area contributed by atoms with Crippen LogP contribution in [0.15, 0.2) is 12.3 Å². The lowest BCUT2D eigenvalue weighted by atomic mass is 9.84. The van der Waals surface area contributed by atoms with Crippen molar-refractivity contribution in [2.75, 3.05) is 5.32 Å². The number of aromatic nitrogens is 3. The van der Waals surface area contributed by atoms with Gasteiger partial charge >= 0.3 is 5.97 Å². The fourth-order valence-electron chi connectivity index (χ4n) is 2.45. The number of aliphatic carboxylic acids is 1. The number of nitrogens with one attached hydrogen (secondary N) is 1. The topological polar surface area (TPSA) is 80.0 Å². The van der Waals surface area contributed by atoms with Gasteiger partial charge in [0.05, 0.1) is 11.8 Å². The predicted molar refractivity (Wildman–Crippen MR) is 92.0 cm³/mol. The third-order valence-electron chi connectivity index (χ3n) is 3.84. The first kappa shape index (κ1) is 17.5. The molecule has 0 saturated heterocycles. The van der Waals surface area contributed by atoms with Crippen molar-refractivity contribution in [2.24, 2.45) is 5.41 Å². The van der Waals surface area contributed by atoms with Crippen LogP contribution in [-0.4, -0.2) is 31.7 Å². The van der Waals surface area contributed by atoms with E-state index in [-0.39, 0.29) is 29.2 Å². The molecule has 0 aromatic carbocycles. The van der Waals surface area contributed by atoms with Crippen LogP contribution in [0.1, 0.15) is 47.1 Å². The Hall–Kier alpha value is -1.82. The summed E-state index contributed by atoms with van der Waals surface area (Å²) < 4.78 is 2.01. The summed E-state index contributed by atoms with van der Waals surface area (Å²) in [5, 5.41) is 13.4. The van der Waals surface area contributed by atoms with Gasteiger partial charge in [-0.2, -0.15) is 4.98 Å². The number of fused-ring (bicyclic) bond motifs is 1. The largest absolute Gasteiger partial charge is 0.481 e. The van der Waals surface area contributed by atoms with Crippen LogP contribution in [0, 0.1) is 5.41 Å². The molecule has 2 rings (SSSR count). The molecule has 7 heteroatoms. The number of carboxylic acid groups (broad SMARTS) is 1. The van der Waals surface area contributed by atoms with Crippen LogP contribution in [0.2, 0.25) is 5.28 Å². The van der Waals surface area contributed by atoms with Crippen LogP contribution in [0.3, 0.4) is 0 Å². The Balaban J connectivity index is 2.48. The van der Waals surface area contributed by atoms with E-state index in [0.717, 1.165) is 11.0 Å². The summed E-state index contributed by atoms with van der Waals surface area (Å²) in [6.07, 6.45) is 1.94. The SMILES string of the molecule is CC(C)n1ccc2c(NC(CC(=O)O)C(C)(C)C)nc(Cl)nc21. The first-order valence-corrected chi connectivity index (χ1v) is 7.99. The van der Waals surface area contributed by atoms with Crippen LogP contribution in [0.25, 0.3) is 11.0 Å². The Kier molecular flexibility index (Phi) is 4.84. The minimum atomic E-state index is -0.853. The van der Waals surface area contributed by atoms with Gasteiger partial charge in [-0.05, 0) is 36.9 Å². The predicted octanol–water partition coefficient (Wildman–Crippen LogP) is 3.97. The second-order valence-corrected chi connectivity index (χ2v) is 7.39. The highest BCUT2D eigenvalue weighted by Gasteiger charge is 2.28. The van der Waals surface area contributed by atoms with E-state index in [4.69, 9.17) is 16.7 Å². The number of anilines is 1. The van der Waals surface area contributed by atoms with Crippen molar-refractivity contribution in [1.82, 2.24) is 14.5 Å². The molecule has 1 unspecified atom stereocenters. The quantitative estimate of drug-likeness (QED) is 0.806. The van der Waals surface area contributed by atoms with Crippen molar-refractivity contribution >= 4 is 34.4 Å². The average molecular weight is 339 g/mol. The highest BCUT2D eigenvalue weighted by Crippen LogP contribution is 2.30. The van der Waals surface area contributed by atoms with Gasteiger partial charge < -0.3 is 15.0 Å². The molecule has 0 saturated carbocycles. The van der Waals surface area contributed by atoms with E-state index in [1.165, 1.54) is 0 Å². The smallest absolute Gasteiger partial charge is 0.305 e. The normalized spacial score (nSPS) is 13.5. The standard InChI is InChI=1S/C16H23ClN4O2/c1-9(2)21-7-6-10-13(19-15(17)20-14(10)21)18-11(8-12(22)23)16(3,4)5/h6-7,9,11H,8H2,1-5H3,(H,22,23)(H,18,19,20). The van der Waals surface area contributed by atoms with Gasteiger partial charge in [0.15, 0.2) is 0 Å². The average Bonchev–Trinajstić information content (AvgIpc) is 2.79. The van der Waals surface area contributed by atoms with Gasteiger partial charge in [-0.1, -0.05) is 20.8 Å². The highest BCUT2D eigenvalue weighted by molar-refractivity contribution is 6.28. The molecule has 6 nitrogen and oxygen atoms in total. The molecular weight excluding hydrogens is 316 g/mol. The molecule has 2 aromatic heterocycles. The van der Waals surface area contributed by atoms with Gasteiger partial charge in [0.1, 0.15) is 11.5 Å². The van der Waals surface area contributed by atoms with E-state index in [1.807, 2.05) is 37.6 Å². The third-order valence-corrected chi connectivity index (χ3v) is 4.01. The summed E-state index contributed by atoms with van der Waals surface area (Å²) in [6.45, 7) is 10.1. The Labute approximate surface area is 140 Å². The lowest BCUT2D eigenvalue weighted by Crippen LogP contribution is -2.36. The van der Waals surface area contributed by atoms with Crippen LogP contribution < -0.4 is 5.32 Å². The van der Waals surface area contributed by atoms with E-state index < -0.39 is 5.97 Å². The zero-order valence-corrected chi connectivity index (χ0v) is 14.8. The minimum Gasteiger partial charge on any atom is -0.481 e. The molecule has 0 amide bonds. The molecule has 126 valence electrons. The van der Waals surface area contributed by atoms with Crippen molar-refractivity contribution in [3.63, 3.8) is 0 Å². The number of rotatable bonds is 5. The zero-order chi connectivity index (χ0) is 17.4. The van der Waals surface area contributed by atoms with Crippen LogP contribution in [-0.2, 0) is 4.79 Å². The van der Waals surface area contributed by atoms with Crippen molar-refractivity contribution in [1.29, 1.82) is 0 Å². The maximum absolute atomic E-state index is 11.2. The molecule has 23 heavy (non-hydrogen) atoms. The van der Waals surface area contributed by atoms with Crippen LogP contribution in [0.4, 0.5) is 5.82 Å². The monoisotopic (exact) mass is 338 g/mol. The molecule has 1 atom stereocenters. The summed E-state index contributed by atoms with van der Waals surface area (Å²) in [5.74, 6) is -0.283. The van der Waals surface area contributed by atoms with Gasteiger partial charge in [0.25, 0.3) is 0 Å².